The zero-order chi connectivity index (χ0) is 17.9. The van der Waals surface area contributed by atoms with Crippen LogP contribution in [0.5, 0.6) is 0 Å². The average molecular weight is 364 g/mol. The molecule has 6 nitrogen and oxygen atoms in total. The first kappa shape index (κ1) is 17.9. The SMILES string of the molecule is Cc1nc(CNC(=O)C2(CN)CCOCC2)oc1-c1ccc(Cl)cc1. The number of hydrogen-bond donors (Lipinski definition) is 2. The van der Waals surface area contributed by atoms with Gasteiger partial charge in [0, 0.05) is 30.3 Å². The van der Waals surface area contributed by atoms with Crippen LogP contribution in [0.3, 0.4) is 0 Å². The van der Waals surface area contributed by atoms with E-state index in [0.29, 0.717) is 49.3 Å². The van der Waals surface area contributed by atoms with Crippen molar-refractivity contribution in [3.8, 4) is 11.3 Å². The smallest absolute Gasteiger partial charge is 0.228 e. The van der Waals surface area contributed by atoms with Crippen molar-refractivity contribution >= 4 is 17.5 Å². The minimum atomic E-state index is -0.557. The van der Waals surface area contributed by atoms with Crippen molar-refractivity contribution in [3.05, 3.63) is 40.9 Å². The van der Waals surface area contributed by atoms with Gasteiger partial charge in [0.05, 0.1) is 17.7 Å². The fourth-order valence-corrected chi connectivity index (χ4v) is 3.15. The summed E-state index contributed by atoms with van der Waals surface area (Å²) in [7, 11) is 0. The molecule has 1 saturated heterocycles. The Morgan fingerprint density at radius 3 is 2.64 bits per heavy atom. The molecule has 1 aromatic heterocycles. The first-order valence-electron chi connectivity index (χ1n) is 8.32. The standard InChI is InChI=1S/C18H22ClN3O3/c1-12-16(13-2-4-14(19)5-3-13)25-15(22-12)10-21-17(23)18(11-20)6-8-24-9-7-18/h2-5H,6-11,20H2,1H3,(H,21,23). The van der Waals surface area contributed by atoms with Gasteiger partial charge in [0.15, 0.2) is 5.76 Å². The second-order valence-corrected chi connectivity index (χ2v) is 6.74. The van der Waals surface area contributed by atoms with Gasteiger partial charge < -0.3 is 20.2 Å². The van der Waals surface area contributed by atoms with E-state index in [1.807, 2.05) is 19.1 Å². The summed E-state index contributed by atoms with van der Waals surface area (Å²) >= 11 is 5.92. The van der Waals surface area contributed by atoms with Crippen molar-refractivity contribution in [3.63, 3.8) is 0 Å². The fraction of sp³-hybridized carbons (Fsp3) is 0.444. The highest BCUT2D eigenvalue weighted by Gasteiger charge is 2.38. The Hall–Kier alpha value is -1.89. The van der Waals surface area contributed by atoms with Gasteiger partial charge in [-0.05, 0) is 44.0 Å². The molecule has 2 aromatic rings. The van der Waals surface area contributed by atoms with Gasteiger partial charge in [-0.1, -0.05) is 11.6 Å². The molecule has 1 aliphatic rings. The summed E-state index contributed by atoms with van der Waals surface area (Å²) in [5, 5.41) is 3.57. The maximum absolute atomic E-state index is 12.6. The second kappa shape index (κ2) is 7.56. The Morgan fingerprint density at radius 1 is 1.32 bits per heavy atom. The molecule has 1 aromatic carbocycles. The van der Waals surface area contributed by atoms with Gasteiger partial charge in [-0.2, -0.15) is 0 Å². The van der Waals surface area contributed by atoms with Crippen molar-refractivity contribution in [2.24, 2.45) is 11.1 Å². The number of benzene rings is 1. The van der Waals surface area contributed by atoms with Crippen molar-refractivity contribution in [2.75, 3.05) is 19.8 Å². The van der Waals surface area contributed by atoms with Crippen LogP contribution in [0.4, 0.5) is 0 Å². The number of nitrogens with one attached hydrogen (secondary N) is 1. The highest BCUT2D eigenvalue weighted by molar-refractivity contribution is 6.30. The summed E-state index contributed by atoms with van der Waals surface area (Å²) in [4.78, 5) is 17.0. The zero-order valence-electron chi connectivity index (χ0n) is 14.2. The highest BCUT2D eigenvalue weighted by atomic mass is 35.5. The normalized spacial score (nSPS) is 16.6. The maximum Gasteiger partial charge on any atom is 0.228 e. The number of rotatable bonds is 5. The van der Waals surface area contributed by atoms with Crippen molar-refractivity contribution in [1.29, 1.82) is 0 Å². The molecule has 0 atom stereocenters. The van der Waals surface area contributed by atoms with Crippen molar-refractivity contribution in [2.45, 2.75) is 26.3 Å². The lowest BCUT2D eigenvalue weighted by molar-refractivity contribution is -0.136. The van der Waals surface area contributed by atoms with E-state index in [0.717, 1.165) is 11.3 Å². The van der Waals surface area contributed by atoms with Crippen LogP contribution in [-0.2, 0) is 16.1 Å². The Bertz CT molecular complexity index is 737. The quantitative estimate of drug-likeness (QED) is 0.852. The van der Waals surface area contributed by atoms with Crippen LogP contribution in [0.2, 0.25) is 5.02 Å². The minimum absolute atomic E-state index is 0.0674. The molecule has 134 valence electrons. The van der Waals surface area contributed by atoms with E-state index >= 15 is 0 Å². The summed E-state index contributed by atoms with van der Waals surface area (Å²) in [5.41, 5.74) is 6.97. The number of carbonyl (C=O) groups is 1. The molecule has 25 heavy (non-hydrogen) atoms. The summed E-state index contributed by atoms with van der Waals surface area (Å²) in [5.74, 6) is 1.08. The third-order valence-corrected chi connectivity index (χ3v) is 4.92. The van der Waals surface area contributed by atoms with Gasteiger partial charge in [-0.15, -0.1) is 0 Å². The van der Waals surface area contributed by atoms with Crippen molar-refractivity contribution < 1.29 is 13.9 Å². The van der Waals surface area contributed by atoms with Crippen LogP contribution in [0, 0.1) is 12.3 Å². The molecule has 2 heterocycles. The Labute approximate surface area is 151 Å². The van der Waals surface area contributed by atoms with Crippen LogP contribution in [0.1, 0.15) is 24.4 Å². The number of amides is 1. The molecular formula is C18H22ClN3O3. The summed E-state index contributed by atoms with van der Waals surface area (Å²) in [6, 6.07) is 7.36. The summed E-state index contributed by atoms with van der Waals surface area (Å²) in [6.45, 7) is 3.53. The van der Waals surface area contributed by atoms with E-state index in [4.69, 9.17) is 26.5 Å². The van der Waals surface area contributed by atoms with Crippen molar-refractivity contribution in [1.82, 2.24) is 10.3 Å². The number of nitrogens with two attached hydrogens (primary N) is 1. The molecule has 0 bridgehead atoms. The van der Waals surface area contributed by atoms with Crippen LogP contribution >= 0.6 is 11.6 Å². The average Bonchev–Trinajstić information content (AvgIpc) is 3.01. The monoisotopic (exact) mass is 363 g/mol. The van der Waals surface area contributed by atoms with Gasteiger partial charge >= 0.3 is 0 Å². The van der Waals surface area contributed by atoms with Gasteiger partial charge in [0.1, 0.15) is 0 Å². The molecule has 0 aliphatic carbocycles. The van der Waals surface area contributed by atoms with Gasteiger partial charge in [-0.3, -0.25) is 4.79 Å². The Kier molecular flexibility index (Phi) is 5.42. The predicted molar refractivity (Wildman–Crippen MR) is 95.1 cm³/mol. The molecular weight excluding hydrogens is 342 g/mol. The number of aromatic nitrogens is 1. The van der Waals surface area contributed by atoms with E-state index in [2.05, 4.69) is 10.3 Å². The molecule has 0 spiro atoms. The van der Waals surface area contributed by atoms with E-state index < -0.39 is 5.41 Å². The molecule has 1 fully saturated rings. The van der Waals surface area contributed by atoms with E-state index in [1.165, 1.54) is 0 Å². The molecule has 0 unspecified atom stereocenters. The van der Waals surface area contributed by atoms with E-state index in [-0.39, 0.29) is 12.5 Å². The first-order chi connectivity index (χ1) is 12.0. The largest absolute Gasteiger partial charge is 0.438 e. The maximum atomic E-state index is 12.6. The number of oxazole rings is 1. The lowest BCUT2D eigenvalue weighted by Crippen LogP contribution is -2.49. The molecule has 0 saturated carbocycles. The van der Waals surface area contributed by atoms with Gasteiger partial charge in [0.2, 0.25) is 11.8 Å². The lowest BCUT2D eigenvalue weighted by Gasteiger charge is -2.34. The Balaban J connectivity index is 1.68. The third-order valence-electron chi connectivity index (χ3n) is 4.67. The third kappa shape index (κ3) is 3.86. The zero-order valence-corrected chi connectivity index (χ0v) is 14.9. The predicted octanol–water partition coefficient (Wildman–Crippen LogP) is 2.68. The molecule has 1 aliphatic heterocycles. The van der Waals surface area contributed by atoms with Crippen LogP contribution in [0.25, 0.3) is 11.3 Å². The number of carbonyl (C=O) groups excluding carboxylic acids is 1. The molecule has 7 heteroatoms. The minimum Gasteiger partial charge on any atom is -0.438 e. The van der Waals surface area contributed by atoms with Crippen LogP contribution < -0.4 is 11.1 Å². The second-order valence-electron chi connectivity index (χ2n) is 6.31. The number of nitrogens with zero attached hydrogens (tertiary/aromatic N) is 1. The van der Waals surface area contributed by atoms with Gasteiger partial charge in [0.25, 0.3) is 0 Å². The van der Waals surface area contributed by atoms with E-state index in [1.54, 1.807) is 12.1 Å². The van der Waals surface area contributed by atoms with Crippen LogP contribution in [-0.4, -0.2) is 30.6 Å². The number of ether oxygens (including phenoxy) is 1. The number of halogens is 1. The molecule has 1 amide bonds. The molecule has 0 radical (unpaired) electrons. The number of hydrogen-bond acceptors (Lipinski definition) is 5. The fourth-order valence-electron chi connectivity index (χ4n) is 3.03. The Morgan fingerprint density at radius 2 is 2.00 bits per heavy atom. The van der Waals surface area contributed by atoms with E-state index in [9.17, 15) is 4.79 Å². The van der Waals surface area contributed by atoms with Crippen LogP contribution in [0.15, 0.2) is 28.7 Å². The molecule has 3 rings (SSSR count). The summed E-state index contributed by atoms with van der Waals surface area (Å²) in [6.07, 6.45) is 1.27. The highest BCUT2D eigenvalue weighted by Crippen LogP contribution is 2.30. The lowest BCUT2D eigenvalue weighted by atomic mass is 9.79. The molecule has 3 N–H and O–H groups in total. The summed E-state index contributed by atoms with van der Waals surface area (Å²) < 4.78 is 11.2. The van der Waals surface area contributed by atoms with Gasteiger partial charge in [-0.25, -0.2) is 4.98 Å². The topological polar surface area (TPSA) is 90.4 Å². The number of aryl methyl sites for hydroxylation is 1. The first-order valence-corrected chi connectivity index (χ1v) is 8.70.